The van der Waals surface area contributed by atoms with Gasteiger partial charge in [-0.15, -0.1) is 0 Å². The molecule has 0 aliphatic carbocycles. The predicted molar refractivity (Wildman–Crippen MR) is 54.5 cm³/mol. The molecule has 0 amide bonds. The first-order valence-corrected chi connectivity index (χ1v) is 7.29. The molecule has 2 aliphatic heterocycles. The lowest BCUT2D eigenvalue weighted by molar-refractivity contribution is 1.10. The van der Waals surface area contributed by atoms with Gasteiger partial charge in [0.15, 0.2) is 11.3 Å². The quantitative estimate of drug-likeness (QED) is 0.392. The van der Waals surface area contributed by atoms with Crippen LogP contribution in [0.3, 0.4) is 0 Å². The molecule has 0 saturated carbocycles. The van der Waals surface area contributed by atoms with E-state index in [2.05, 4.69) is 19.8 Å². The van der Waals surface area contributed by atoms with Crippen molar-refractivity contribution in [2.75, 3.05) is 0 Å². The zero-order valence-corrected chi connectivity index (χ0v) is 8.82. The third kappa shape index (κ3) is 1.00. The molecule has 0 atom stereocenters. The van der Waals surface area contributed by atoms with Crippen molar-refractivity contribution in [2.45, 2.75) is 4.90 Å². The predicted octanol–water partition coefficient (Wildman–Crippen LogP) is 1.53. The molecule has 3 rings (SSSR count). The third-order valence-electron chi connectivity index (χ3n) is 1.42. The normalized spacial score (nSPS) is 16.7. The van der Waals surface area contributed by atoms with E-state index < -0.39 is 0 Å². The van der Waals surface area contributed by atoms with Crippen LogP contribution in [-0.4, -0.2) is 4.98 Å². The van der Waals surface area contributed by atoms with Gasteiger partial charge < -0.3 is 0 Å². The highest BCUT2D eigenvalue weighted by Gasteiger charge is 2.10. The maximum absolute atomic E-state index is 4.32. The van der Waals surface area contributed by atoms with Crippen LogP contribution >= 0.6 is 21.8 Å². The Bertz CT molecular complexity index is 553. The van der Waals surface area contributed by atoms with E-state index in [1.54, 1.807) is 20.7 Å². The molecule has 0 saturated heterocycles. The van der Waals surface area contributed by atoms with Gasteiger partial charge in [0, 0.05) is 10.1 Å². The topological polar surface area (TPSA) is 37.6 Å². The van der Waals surface area contributed by atoms with Crippen LogP contribution in [0.5, 0.6) is 0 Å². The standard InChI is InChI=1S/C5HN3S4/c1-2-4(7-11-9-2)6-5-3(1)10-12-8-5/h1H. The Morgan fingerprint density at radius 3 is 3.33 bits per heavy atom. The summed E-state index contributed by atoms with van der Waals surface area (Å²) < 4.78 is 9.49. The van der Waals surface area contributed by atoms with Crippen LogP contribution in [0.15, 0.2) is 19.7 Å². The minimum atomic E-state index is 0.829. The summed E-state index contributed by atoms with van der Waals surface area (Å²) in [7, 11) is 6.27. The summed E-state index contributed by atoms with van der Waals surface area (Å²) in [6.07, 6.45) is 0. The van der Waals surface area contributed by atoms with Crippen molar-refractivity contribution in [3.8, 4) is 0 Å². The van der Waals surface area contributed by atoms with Gasteiger partial charge in [-0.3, -0.25) is 0 Å². The second kappa shape index (κ2) is 2.69. The number of aromatic nitrogens is 1. The zero-order valence-electron chi connectivity index (χ0n) is 5.55. The van der Waals surface area contributed by atoms with E-state index in [9.17, 15) is 0 Å². The molecule has 0 N–H and O–H groups in total. The van der Waals surface area contributed by atoms with Crippen molar-refractivity contribution in [3.05, 3.63) is 16.1 Å². The van der Waals surface area contributed by atoms with Gasteiger partial charge in [0.25, 0.3) is 0 Å². The smallest absolute Gasteiger partial charge is 0.185 e. The minimum absolute atomic E-state index is 0.829. The largest absolute Gasteiger partial charge is 0.205 e. The highest BCUT2D eigenvalue weighted by molar-refractivity contribution is 8.76. The van der Waals surface area contributed by atoms with E-state index in [1.807, 2.05) is 0 Å². The lowest BCUT2D eigenvalue weighted by atomic mass is 10.4. The van der Waals surface area contributed by atoms with Crippen molar-refractivity contribution < 1.29 is 0 Å². The van der Waals surface area contributed by atoms with Crippen LogP contribution in [-0.2, 0) is 20.0 Å². The van der Waals surface area contributed by atoms with E-state index in [4.69, 9.17) is 0 Å². The van der Waals surface area contributed by atoms with Gasteiger partial charge in [-0.1, -0.05) is 9.91 Å². The van der Waals surface area contributed by atoms with Crippen molar-refractivity contribution in [1.29, 1.82) is 0 Å². The van der Waals surface area contributed by atoms with Crippen LogP contribution in [0.1, 0.15) is 0 Å². The van der Waals surface area contributed by atoms with E-state index in [0.29, 0.717) is 0 Å². The first-order valence-electron chi connectivity index (χ1n) is 3.08. The first kappa shape index (κ1) is 7.31. The van der Waals surface area contributed by atoms with Gasteiger partial charge in [-0.05, 0) is 16.9 Å². The summed E-state index contributed by atoms with van der Waals surface area (Å²) in [5, 5.41) is 0. The molecule has 1 aromatic heterocycles. The molecule has 0 aromatic carbocycles. The molecule has 0 fully saturated rings. The number of hydrogen-bond donors (Lipinski definition) is 0. The molecule has 1 aromatic rings. The molecule has 2 aliphatic rings. The van der Waals surface area contributed by atoms with Crippen LogP contribution < -0.4 is 5.49 Å². The fourth-order valence-electron chi connectivity index (χ4n) is 0.900. The van der Waals surface area contributed by atoms with Crippen LogP contribution in [0.2, 0.25) is 0 Å². The van der Waals surface area contributed by atoms with Gasteiger partial charge in [0.1, 0.15) is 0 Å². The molecule has 0 radical (unpaired) electrons. The van der Waals surface area contributed by atoms with Gasteiger partial charge in [-0.2, -0.15) is 8.76 Å². The number of pyridine rings is 1. The highest BCUT2D eigenvalue weighted by atomic mass is 33.1. The van der Waals surface area contributed by atoms with Gasteiger partial charge >= 0.3 is 0 Å². The van der Waals surface area contributed by atoms with Crippen molar-refractivity contribution in [1.82, 2.24) is 4.98 Å². The van der Waals surface area contributed by atoms with Crippen molar-refractivity contribution >= 4 is 47.6 Å². The lowest BCUT2D eigenvalue weighted by Gasteiger charge is -1.89. The summed E-state index contributed by atoms with van der Waals surface area (Å²) in [5.74, 6) is 0.829. The molecule has 0 spiro atoms. The summed E-state index contributed by atoms with van der Waals surface area (Å²) in [4.78, 5) is 5.47. The summed E-state index contributed by atoms with van der Waals surface area (Å²) >= 11 is 0. The van der Waals surface area contributed by atoms with E-state index in [-0.39, 0.29) is 0 Å². The first-order chi connectivity index (χ1) is 5.93. The van der Waals surface area contributed by atoms with Crippen LogP contribution in [0.4, 0.5) is 5.82 Å². The summed E-state index contributed by atoms with van der Waals surface area (Å²) in [5.41, 5.74) is 0.829. The Hall–Kier alpha value is -0.110. The second-order valence-electron chi connectivity index (χ2n) is 2.13. The zero-order chi connectivity index (χ0) is 7.97. The number of rotatable bonds is 0. The van der Waals surface area contributed by atoms with E-state index >= 15 is 0 Å². The average Bonchev–Trinajstić information content (AvgIpc) is 2.64. The molecule has 7 heteroatoms. The minimum Gasteiger partial charge on any atom is -0.205 e. The van der Waals surface area contributed by atoms with E-state index in [1.165, 1.54) is 21.1 Å². The lowest BCUT2D eigenvalue weighted by Crippen LogP contribution is -2.05. The Kier molecular flexibility index (Phi) is 1.64. The van der Waals surface area contributed by atoms with Crippen LogP contribution in [0, 0.1) is 4.51 Å². The molecular formula is C5HN3S4. The molecule has 0 bridgehead atoms. The van der Waals surface area contributed by atoms with Crippen molar-refractivity contribution in [3.63, 3.8) is 0 Å². The van der Waals surface area contributed by atoms with Crippen molar-refractivity contribution in [2.24, 2.45) is 8.76 Å². The Balaban J connectivity index is 2.51. The Morgan fingerprint density at radius 1 is 1.33 bits per heavy atom. The Labute approximate surface area is 82.2 Å². The average molecular weight is 231 g/mol. The van der Waals surface area contributed by atoms with Gasteiger partial charge in [0.05, 0.1) is 20.4 Å². The fourth-order valence-corrected chi connectivity index (χ4v) is 4.27. The van der Waals surface area contributed by atoms with Crippen LogP contribution in [0.25, 0.3) is 0 Å². The molecule has 0 unspecified atom stereocenters. The monoisotopic (exact) mass is 231 g/mol. The van der Waals surface area contributed by atoms with Gasteiger partial charge in [-0.25, -0.2) is 4.98 Å². The Morgan fingerprint density at radius 2 is 2.33 bits per heavy atom. The van der Waals surface area contributed by atoms with E-state index in [0.717, 1.165) is 20.7 Å². The number of nitrogens with zero attached hydrogens (tertiary/aromatic N) is 3. The molecule has 3 heterocycles. The fraction of sp³-hybridized carbons (Fsp3) is 0. The highest BCUT2D eigenvalue weighted by Crippen LogP contribution is 2.34. The molecular weight excluding hydrogens is 230 g/mol. The molecule has 60 valence electrons. The number of fused-ring (bicyclic) bond motifs is 2. The molecule has 3 nitrogen and oxygen atoms in total. The number of hydrogen-bond acceptors (Lipinski definition) is 5. The maximum Gasteiger partial charge on any atom is 0.185 e. The van der Waals surface area contributed by atoms with Gasteiger partial charge in [0.2, 0.25) is 0 Å². The summed E-state index contributed by atoms with van der Waals surface area (Å²) in [6, 6.07) is 2.11. The summed E-state index contributed by atoms with van der Waals surface area (Å²) in [6.45, 7) is 0. The SMILES string of the molecule is c1c2c(nc3c1=S=S=N3)=NSS2. The maximum atomic E-state index is 4.32. The second-order valence-corrected chi connectivity index (χ2v) is 5.90. The molecule has 12 heavy (non-hydrogen) atoms. The third-order valence-corrected chi connectivity index (χ3v) is 4.99.